The highest BCUT2D eigenvalue weighted by molar-refractivity contribution is 5.26. The fourth-order valence-corrected chi connectivity index (χ4v) is 2.61. The van der Waals surface area contributed by atoms with Gasteiger partial charge in [0.15, 0.2) is 0 Å². The molecule has 0 aliphatic heterocycles. The Morgan fingerprint density at radius 1 is 1.20 bits per heavy atom. The summed E-state index contributed by atoms with van der Waals surface area (Å²) in [6.07, 6.45) is 11.2. The van der Waals surface area contributed by atoms with Crippen LogP contribution in [0.4, 0.5) is 0 Å². The lowest BCUT2D eigenvalue weighted by Gasteiger charge is -2.35. The maximum absolute atomic E-state index is 2.47. The molecule has 0 N–H and O–H groups in total. The molecule has 0 bridgehead atoms. The number of nitrogens with zero attached hydrogens (tertiary/aromatic N) is 1. The minimum atomic E-state index is 0.173. The Morgan fingerprint density at radius 2 is 1.87 bits per heavy atom. The van der Waals surface area contributed by atoms with Crippen LogP contribution in [0.25, 0.3) is 0 Å². The van der Waals surface area contributed by atoms with Gasteiger partial charge in [0.05, 0.1) is 5.54 Å². The quantitative estimate of drug-likeness (QED) is 0.687. The second-order valence-electron chi connectivity index (χ2n) is 4.40. The van der Waals surface area contributed by atoms with Crippen molar-refractivity contribution in [1.82, 2.24) is 4.57 Å². The summed E-state index contributed by atoms with van der Waals surface area (Å²) >= 11 is 0. The molecule has 0 unspecified atom stereocenters. The summed E-state index contributed by atoms with van der Waals surface area (Å²) in [4.78, 5) is 0. The second-order valence-corrected chi connectivity index (χ2v) is 4.40. The molecule has 80 valence electrons. The van der Waals surface area contributed by atoms with Crippen molar-refractivity contribution >= 4 is 0 Å². The SMILES string of the molecule is CC[C@]1(n2c(C)ccc2C)C=CC=CC1. The zero-order valence-electron chi connectivity index (χ0n) is 9.83. The molecule has 0 spiro atoms. The van der Waals surface area contributed by atoms with Gasteiger partial charge in [-0.2, -0.15) is 0 Å². The third kappa shape index (κ3) is 1.56. The first-order chi connectivity index (χ1) is 7.19. The maximum atomic E-state index is 2.47. The van der Waals surface area contributed by atoms with E-state index >= 15 is 0 Å². The lowest BCUT2D eigenvalue weighted by Crippen LogP contribution is -2.32. The van der Waals surface area contributed by atoms with Gasteiger partial charge in [-0.3, -0.25) is 0 Å². The minimum Gasteiger partial charge on any atom is -0.339 e. The fraction of sp³-hybridized carbons (Fsp3) is 0.429. The highest BCUT2D eigenvalue weighted by atomic mass is 15.1. The molecular weight excluding hydrogens is 182 g/mol. The Bertz CT molecular complexity index is 389. The van der Waals surface area contributed by atoms with Crippen molar-refractivity contribution in [2.24, 2.45) is 0 Å². The average molecular weight is 201 g/mol. The molecule has 15 heavy (non-hydrogen) atoms. The van der Waals surface area contributed by atoms with Gasteiger partial charge in [-0.15, -0.1) is 0 Å². The molecule has 1 aliphatic carbocycles. The molecule has 1 atom stereocenters. The number of aryl methyl sites for hydroxylation is 2. The Morgan fingerprint density at radius 3 is 2.33 bits per heavy atom. The summed E-state index contributed by atoms with van der Waals surface area (Å²) in [5.74, 6) is 0. The van der Waals surface area contributed by atoms with Gasteiger partial charge in [0.2, 0.25) is 0 Å². The van der Waals surface area contributed by atoms with E-state index in [1.165, 1.54) is 11.4 Å². The molecule has 1 aliphatic rings. The molecule has 0 saturated heterocycles. The van der Waals surface area contributed by atoms with Crippen molar-refractivity contribution in [2.75, 3.05) is 0 Å². The summed E-state index contributed by atoms with van der Waals surface area (Å²) < 4.78 is 2.47. The highest BCUT2D eigenvalue weighted by Gasteiger charge is 2.28. The third-order valence-electron chi connectivity index (χ3n) is 3.45. The number of rotatable bonds is 2. The van der Waals surface area contributed by atoms with E-state index in [2.05, 4.69) is 61.8 Å². The largest absolute Gasteiger partial charge is 0.339 e. The normalized spacial score (nSPS) is 24.7. The van der Waals surface area contributed by atoms with Crippen molar-refractivity contribution in [1.29, 1.82) is 0 Å². The van der Waals surface area contributed by atoms with E-state index in [0.29, 0.717) is 0 Å². The van der Waals surface area contributed by atoms with Gasteiger partial charge < -0.3 is 4.57 Å². The monoisotopic (exact) mass is 201 g/mol. The Labute approximate surface area is 92.1 Å². The van der Waals surface area contributed by atoms with Crippen LogP contribution in [-0.2, 0) is 5.54 Å². The fourth-order valence-electron chi connectivity index (χ4n) is 2.61. The first-order valence-corrected chi connectivity index (χ1v) is 5.69. The van der Waals surface area contributed by atoms with Gasteiger partial charge in [0, 0.05) is 11.4 Å². The van der Waals surface area contributed by atoms with Crippen molar-refractivity contribution in [3.05, 3.63) is 47.8 Å². The average Bonchev–Trinajstić information content (AvgIpc) is 2.60. The van der Waals surface area contributed by atoms with Crippen molar-refractivity contribution in [3.63, 3.8) is 0 Å². The predicted octanol–water partition coefficient (Wildman–Crippen LogP) is 3.73. The van der Waals surface area contributed by atoms with Gasteiger partial charge >= 0.3 is 0 Å². The van der Waals surface area contributed by atoms with Crippen LogP contribution in [0.2, 0.25) is 0 Å². The Kier molecular flexibility index (Phi) is 2.56. The number of aromatic nitrogens is 1. The van der Waals surface area contributed by atoms with E-state index in [0.717, 1.165) is 12.8 Å². The molecule has 2 rings (SSSR count). The van der Waals surface area contributed by atoms with E-state index in [9.17, 15) is 0 Å². The van der Waals surface area contributed by atoms with Crippen LogP contribution >= 0.6 is 0 Å². The van der Waals surface area contributed by atoms with Gasteiger partial charge in [0.1, 0.15) is 0 Å². The summed E-state index contributed by atoms with van der Waals surface area (Å²) in [5, 5.41) is 0. The van der Waals surface area contributed by atoms with Crippen LogP contribution in [0.1, 0.15) is 31.2 Å². The van der Waals surface area contributed by atoms with E-state index in [4.69, 9.17) is 0 Å². The summed E-state index contributed by atoms with van der Waals surface area (Å²) in [6, 6.07) is 4.41. The van der Waals surface area contributed by atoms with E-state index in [-0.39, 0.29) is 5.54 Å². The van der Waals surface area contributed by atoms with Crippen LogP contribution in [0.15, 0.2) is 36.4 Å². The first kappa shape index (κ1) is 10.3. The predicted molar refractivity (Wildman–Crippen MR) is 65.1 cm³/mol. The van der Waals surface area contributed by atoms with E-state index < -0.39 is 0 Å². The Balaban J connectivity index is 2.51. The lowest BCUT2D eigenvalue weighted by atomic mass is 9.87. The van der Waals surface area contributed by atoms with Crippen LogP contribution in [0.3, 0.4) is 0 Å². The molecule has 0 amide bonds. The van der Waals surface area contributed by atoms with Crippen LogP contribution in [-0.4, -0.2) is 4.57 Å². The molecule has 0 saturated carbocycles. The maximum Gasteiger partial charge on any atom is 0.0661 e. The van der Waals surface area contributed by atoms with Crippen molar-refractivity contribution in [2.45, 2.75) is 39.2 Å². The molecule has 1 aromatic heterocycles. The van der Waals surface area contributed by atoms with Gasteiger partial charge in [-0.25, -0.2) is 0 Å². The smallest absolute Gasteiger partial charge is 0.0661 e. The zero-order chi connectivity index (χ0) is 10.9. The molecule has 0 aromatic carbocycles. The molecule has 1 heteroatoms. The van der Waals surface area contributed by atoms with Crippen molar-refractivity contribution in [3.8, 4) is 0 Å². The molecule has 1 aromatic rings. The van der Waals surface area contributed by atoms with Crippen molar-refractivity contribution < 1.29 is 0 Å². The molecule has 1 nitrogen and oxygen atoms in total. The lowest BCUT2D eigenvalue weighted by molar-refractivity contribution is 0.346. The number of hydrogen-bond acceptors (Lipinski definition) is 0. The van der Waals surface area contributed by atoms with Crippen LogP contribution in [0, 0.1) is 13.8 Å². The molecule has 1 heterocycles. The highest BCUT2D eigenvalue weighted by Crippen LogP contribution is 2.33. The van der Waals surface area contributed by atoms with Gasteiger partial charge in [0.25, 0.3) is 0 Å². The van der Waals surface area contributed by atoms with E-state index in [1.807, 2.05) is 0 Å². The minimum absolute atomic E-state index is 0.173. The zero-order valence-corrected chi connectivity index (χ0v) is 9.83. The van der Waals surface area contributed by atoms with E-state index in [1.54, 1.807) is 0 Å². The van der Waals surface area contributed by atoms with Crippen LogP contribution < -0.4 is 0 Å². The summed E-state index contributed by atoms with van der Waals surface area (Å²) in [6.45, 7) is 6.65. The summed E-state index contributed by atoms with van der Waals surface area (Å²) in [5.41, 5.74) is 2.88. The first-order valence-electron chi connectivity index (χ1n) is 5.69. The third-order valence-corrected chi connectivity index (χ3v) is 3.45. The standard InChI is InChI=1S/C14H19N/c1-4-14(10-6-5-7-11-14)15-12(2)8-9-13(15)3/h5-10H,4,11H2,1-3H3/t14-/m0/s1. The van der Waals surface area contributed by atoms with Gasteiger partial charge in [-0.1, -0.05) is 31.2 Å². The molecule has 0 fully saturated rings. The molecule has 0 radical (unpaired) electrons. The van der Waals surface area contributed by atoms with Gasteiger partial charge in [-0.05, 0) is 38.8 Å². The molecular formula is C14H19N. The number of hydrogen-bond donors (Lipinski definition) is 0. The topological polar surface area (TPSA) is 4.93 Å². The summed E-state index contributed by atoms with van der Waals surface area (Å²) in [7, 11) is 0. The Hall–Kier alpha value is -1.24. The van der Waals surface area contributed by atoms with Crippen LogP contribution in [0.5, 0.6) is 0 Å². The number of allylic oxidation sites excluding steroid dienone is 4. The second kappa shape index (κ2) is 3.73.